The molecule has 0 spiro atoms. The summed E-state index contributed by atoms with van der Waals surface area (Å²) >= 11 is 12.4. The standard InChI is InChI=1S/C36H38Cl2O14/c1-3-31(39)45-17-5-7-19-47-35(43)51-29-15-13-25(21-27(29)37)49-33(41)23-9-11-24(12-10-23)34(42)50-26-14-16-30(28(38)22-26)52-36(44)48-20-8-6-18-46-32(40)4-2/h3-4,13-16,21-24H,1-2,5-12,17-20H2. The topological polar surface area (TPSA) is 176 Å². The van der Waals surface area contributed by atoms with Gasteiger partial charge in [-0.25, -0.2) is 19.2 Å². The summed E-state index contributed by atoms with van der Waals surface area (Å²) in [5.41, 5.74) is 0. The van der Waals surface area contributed by atoms with Gasteiger partial charge in [-0.2, -0.15) is 0 Å². The fourth-order valence-electron chi connectivity index (χ4n) is 4.64. The van der Waals surface area contributed by atoms with Gasteiger partial charge in [-0.1, -0.05) is 36.4 Å². The number of carbonyl (C=O) groups excluding carboxylic acids is 6. The van der Waals surface area contributed by atoms with Gasteiger partial charge in [0, 0.05) is 24.3 Å². The van der Waals surface area contributed by atoms with Gasteiger partial charge in [-0.05, 0) is 75.6 Å². The molecule has 1 aliphatic rings. The Bertz CT molecular complexity index is 1480. The Kier molecular flexibility index (Phi) is 17.5. The molecular formula is C36H38Cl2O14. The summed E-state index contributed by atoms with van der Waals surface area (Å²) < 4.78 is 40.8. The van der Waals surface area contributed by atoms with Crippen LogP contribution in [-0.4, -0.2) is 62.6 Å². The average molecular weight is 766 g/mol. The highest BCUT2D eigenvalue weighted by molar-refractivity contribution is 6.32. The van der Waals surface area contributed by atoms with Crippen LogP contribution >= 0.6 is 23.2 Å². The summed E-state index contributed by atoms with van der Waals surface area (Å²) in [5.74, 6) is -2.68. The van der Waals surface area contributed by atoms with Crippen LogP contribution in [0.15, 0.2) is 61.7 Å². The van der Waals surface area contributed by atoms with E-state index in [0.29, 0.717) is 51.4 Å². The van der Waals surface area contributed by atoms with Gasteiger partial charge in [0.25, 0.3) is 0 Å². The molecule has 0 heterocycles. The maximum Gasteiger partial charge on any atom is 0.513 e. The normalized spacial score (nSPS) is 14.9. The molecule has 0 atom stereocenters. The van der Waals surface area contributed by atoms with Crippen LogP contribution < -0.4 is 18.9 Å². The molecule has 0 aliphatic heterocycles. The molecule has 0 N–H and O–H groups in total. The molecule has 1 aliphatic carbocycles. The number of benzene rings is 2. The zero-order valence-electron chi connectivity index (χ0n) is 28.1. The van der Waals surface area contributed by atoms with Gasteiger partial charge in [-0.3, -0.25) is 9.59 Å². The van der Waals surface area contributed by atoms with Crippen molar-refractivity contribution in [2.24, 2.45) is 11.8 Å². The Hall–Kier alpha value is -5.08. The number of rotatable bonds is 18. The molecule has 2 aromatic carbocycles. The third-order valence-electron chi connectivity index (χ3n) is 7.36. The average Bonchev–Trinajstić information content (AvgIpc) is 3.13. The van der Waals surface area contributed by atoms with Crippen LogP contribution in [-0.2, 0) is 38.1 Å². The van der Waals surface area contributed by atoms with E-state index in [0.717, 1.165) is 12.2 Å². The summed E-state index contributed by atoms with van der Waals surface area (Å²) in [6, 6.07) is 8.23. The largest absolute Gasteiger partial charge is 0.513 e. The van der Waals surface area contributed by atoms with E-state index in [1.165, 1.54) is 36.4 Å². The lowest BCUT2D eigenvalue weighted by Gasteiger charge is -2.25. The third kappa shape index (κ3) is 14.6. The second-order valence-corrected chi connectivity index (χ2v) is 11.9. The van der Waals surface area contributed by atoms with E-state index in [1.54, 1.807) is 0 Å². The van der Waals surface area contributed by atoms with Gasteiger partial charge in [-0.15, -0.1) is 0 Å². The third-order valence-corrected chi connectivity index (χ3v) is 7.95. The fourth-order valence-corrected chi connectivity index (χ4v) is 5.06. The van der Waals surface area contributed by atoms with E-state index in [1.807, 2.05) is 0 Å². The smallest absolute Gasteiger partial charge is 0.463 e. The van der Waals surface area contributed by atoms with Crippen molar-refractivity contribution in [3.63, 3.8) is 0 Å². The van der Waals surface area contributed by atoms with Gasteiger partial charge < -0.3 is 37.9 Å². The molecule has 14 nitrogen and oxygen atoms in total. The van der Waals surface area contributed by atoms with Crippen molar-refractivity contribution in [1.29, 1.82) is 0 Å². The first kappa shape index (κ1) is 41.3. The number of esters is 4. The Labute approximate surface area is 309 Å². The molecule has 0 unspecified atom stereocenters. The summed E-state index contributed by atoms with van der Waals surface area (Å²) in [5, 5.41) is 0.0317. The van der Waals surface area contributed by atoms with Crippen molar-refractivity contribution in [3.05, 3.63) is 71.8 Å². The van der Waals surface area contributed by atoms with Crippen LogP contribution in [0.25, 0.3) is 0 Å². The quantitative estimate of drug-likeness (QED) is 0.0367. The highest BCUT2D eigenvalue weighted by Gasteiger charge is 2.32. The second kappa shape index (κ2) is 22.0. The van der Waals surface area contributed by atoms with Gasteiger partial charge >= 0.3 is 36.2 Å². The molecule has 0 saturated heterocycles. The van der Waals surface area contributed by atoms with E-state index in [9.17, 15) is 28.8 Å². The van der Waals surface area contributed by atoms with Crippen LogP contribution in [0.5, 0.6) is 23.0 Å². The fraction of sp³-hybridized carbons (Fsp3) is 0.389. The lowest BCUT2D eigenvalue weighted by atomic mass is 9.82. The van der Waals surface area contributed by atoms with Crippen molar-refractivity contribution in [2.45, 2.75) is 51.4 Å². The molecule has 0 radical (unpaired) electrons. The zero-order valence-corrected chi connectivity index (χ0v) is 29.7. The molecule has 16 heteroatoms. The second-order valence-electron chi connectivity index (χ2n) is 11.1. The van der Waals surface area contributed by atoms with Crippen molar-refractivity contribution in [2.75, 3.05) is 26.4 Å². The number of unbranched alkanes of at least 4 members (excludes halogenated alkanes) is 2. The maximum absolute atomic E-state index is 12.8. The van der Waals surface area contributed by atoms with Crippen molar-refractivity contribution >= 4 is 59.4 Å². The summed E-state index contributed by atoms with van der Waals surface area (Å²) in [7, 11) is 0. The summed E-state index contributed by atoms with van der Waals surface area (Å²) in [6.07, 6.45) is 3.51. The minimum Gasteiger partial charge on any atom is -0.463 e. The number of hydrogen-bond acceptors (Lipinski definition) is 14. The SMILES string of the molecule is C=CC(=O)OCCCCOC(=O)Oc1ccc(OC(=O)C2CCC(C(=O)Oc3ccc(OC(=O)OCCCCOC(=O)C=C)c(Cl)c3)CC2)cc1Cl. The predicted molar refractivity (Wildman–Crippen MR) is 184 cm³/mol. The number of carbonyl (C=O) groups is 6. The Morgan fingerprint density at radius 1 is 0.558 bits per heavy atom. The van der Waals surface area contributed by atoms with Crippen LogP contribution in [0.3, 0.4) is 0 Å². The van der Waals surface area contributed by atoms with Crippen molar-refractivity contribution < 1.29 is 66.7 Å². The maximum atomic E-state index is 12.8. The molecule has 0 aromatic heterocycles. The van der Waals surface area contributed by atoms with Crippen LogP contribution in [0, 0.1) is 11.8 Å². The van der Waals surface area contributed by atoms with Crippen molar-refractivity contribution in [3.8, 4) is 23.0 Å². The van der Waals surface area contributed by atoms with Crippen molar-refractivity contribution in [1.82, 2.24) is 0 Å². The Balaban J connectivity index is 1.35. The first-order valence-corrected chi connectivity index (χ1v) is 17.0. The first-order valence-electron chi connectivity index (χ1n) is 16.3. The Morgan fingerprint density at radius 2 is 0.904 bits per heavy atom. The number of hydrogen-bond donors (Lipinski definition) is 0. The molecule has 1 fully saturated rings. The lowest BCUT2D eigenvalue weighted by Crippen LogP contribution is -2.30. The molecule has 1 saturated carbocycles. The molecule has 0 amide bonds. The van der Waals surface area contributed by atoms with E-state index >= 15 is 0 Å². The highest BCUT2D eigenvalue weighted by Crippen LogP contribution is 2.34. The minimum absolute atomic E-state index is 0.00493. The van der Waals surface area contributed by atoms with E-state index in [4.69, 9.17) is 61.1 Å². The monoisotopic (exact) mass is 764 g/mol. The molecule has 3 rings (SSSR count). The first-order chi connectivity index (χ1) is 25.0. The molecular weight excluding hydrogens is 727 g/mol. The van der Waals surface area contributed by atoms with Crippen LogP contribution in [0.2, 0.25) is 10.0 Å². The highest BCUT2D eigenvalue weighted by atomic mass is 35.5. The summed E-state index contributed by atoms with van der Waals surface area (Å²) in [4.78, 5) is 71.6. The van der Waals surface area contributed by atoms with E-state index in [-0.39, 0.29) is 59.5 Å². The van der Waals surface area contributed by atoms with E-state index < -0.39 is 48.0 Å². The van der Waals surface area contributed by atoms with Crippen LogP contribution in [0.1, 0.15) is 51.4 Å². The molecule has 2 aromatic rings. The predicted octanol–water partition coefficient (Wildman–Crippen LogP) is 7.36. The van der Waals surface area contributed by atoms with Gasteiger partial charge in [0.15, 0.2) is 11.5 Å². The Morgan fingerprint density at radius 3 is 1.23 bits per heavy atom. The number of ether oxygens (including phenoxy) is 8. The number of halogens is 2. The van der Waals surface area contributed by atoms with Crippen LogP contribution in [0.4, 0.5) is 9.59 Å². The molecule has 0 bridgehead atoms. The molecule has 52 heavy (non-hydrogen) atoms. The zero-order chi connectivity index (χ0) is 37.9. The van der Waals surface area contributed by atoms with E-state index in [2.05, 4.69) is 13.2 Å². The summed E-state index contributed by atoms with van der Waals surface area (Å²) in [6.45, 7) is 7.00. The molecule has 280 valence electrons. The van der Waals surface area contributed by atoms with Gasteiger partial charge in [0.05, 0.1) is 48.3 Å². The van der Waals surface area contributed by atoms with Gasteiger partial charge in [0.1, 0.15) is 11.5 Å². The lowest BCUT2D eigenvalue weighted by molar-refractivity contribution is -0.145. The van der Waals surface area contributed by atoms with Gasteiger partial charge in [0.2, 0.25) is 0 Å². The minimum atomic E-state index is -0.979.